The summed E-state index contributed by atoms with van der Waals surface area (Å²) in [4.78, 5) is 33.9. The van der Waals surface area contributed by atoms with Gasteiger partial charge in [-0.25, -0.2) is 0 Å². The summed E-state index contributed by atoms with van der Waals surface area (Å²) in [5.41, 5.74) is 1.08. The number of ketones is 1. The van der Waals surface area contributed by atoms with Crippen molar-refractivity contribution in [3.05, 3.63) is 77.5 Å². The zero-order chi connectivity index (χ0) is 20.5. The number of benzene rings is 1. The number of aliphatic hydroxyl groups excluding tert-OH is 1. The number of aromatic nitrogens is 1. The molecule has 1 atom stereocenters. The minimum absolute atomic E-state index is 0.00786. The average molecular weight is 391 g/mol. The molecule has 3 aromatic rings. The van der Waals surface area contributed by atoms with Gasteiger partial charge >= 0.3 is 0 Å². The van der Waals surface area contributed by atoms with Gasteiger partial charge in [0, 0.05) is 24.7 Å². The summed E-state index contributed by atoms with van der Waals surface area (Å²) in [7, 11) is 3.79. The number of carbonyl (C=O) groups is 2. The van der Waals surface area contributed by atoms with E-state index in [0.29, 0.717) is 24.4 Å². The van der Waals surface area contributed by atoms with Crippen LogP contribution >= 0.6 is 0 Å². The number of hydrogen-bond donors (Lipinski definition) is 1. The van der Waals surface area contributed by atoms with Crippen molar-refractivity contribution in [1.29, 1.82) is 0 Å². The molecule has 1 amide bonds. The lowest BCUT2D eigenvalue weighted by Crippen LogP contribution is -2.36. The number of rotatable bonds is 6. The fraction of sp³-hybridized carbons (Fsp3) is 0.227. The van der Waals surface area contributed by atoms with Crippen LogP contribution in [0.15, 0.2) is 70.5 Å². The summed E-state index contributed by atoms with van der Waals surface area (Å²) in [5, 5.41) is 11.4. The Morgan fingerprint density at radius 3 is 2.66 bits per heavy atom. The minimum atomic E-state index is -0.774. The van der Waals surface area contributed by atoms with Crippen molar-refractivity contribution in [3.63, 3.8) is 0 Å². The molecule has 0 aliphatic carbocycles. The van der Waals surface area contributed by atoms with Gasteiger partial charge in [0.05, 0.1) is 11.3 Å². The van der Waals surface area contributed by atoms with E-state index in [1.54, 1.807) is 36.5 Å². The van der Waals surface area contributed by atoms with Crippen molar-refractivity contribution in [2.45, 2.75) is 6.04 Å². The van der Waals surface area contributed by atoms with Crippen molar-refractivity contribution in [1.82, 2.24) is 14.8 Å². The Morgan fingerprint density at radius 1 is 1.21 bits per heavy atom. The van der Waals surface area contributed by atoms with Crippen molar-refractivity contribution >= 4 is 22.7 Å². The molecule has 29 heavy (non-hydrogen) atoms. The molecule has 0 bridgehead atoms. The first-order chi connectivity index (χ1) is 14.0. The summed E-state index contributed by atoms with van der Waals surface area (Å²) in [6.07, 6.45) is 1.60. The monoisotopic (exact) mass is 391 g/mol. The predicted octanol–water partition coefficient (Wildman–Crippen LogP) is 2.97. The van der Waals surface area contributed by atoms with Crippen molar-refractivity contribution in [2.24, 2.45) is 0 Å². The number of fused-ring (bicyclic) bond motifs is 1. The summed E-state index contributed by atoms with van der Waals surface area (Å²) < 4.78 is 5.69. The second-order valence-electron chi connectivity index (χ2n) is 7.20. The number of carbonyl (C=O) groups excluding carboxylic acids is 2. The summed E-state index contributed by atoms with van der Waals surface area (Å²) in [6, 6.07) is 13.4. The molecule has 0 radical (unpaired) electrons. The molecule has 4 rings (SSSR count). The molecular weight excluding hydrogens is 370 g/mol. The van der Waals surface area contributed by atoms with E-state index in [4.69, 9.17) is 4.42 Å². The van der Waals surface area contributed by atoms with E-state index >= 15 is 0 Å². The van der Waals surface area contributed by atoms with Gasteiger partial charge in [0.15, 0.2) is 11.5 Å². The van der Waals surface area contributed by atoms with Crippen LogP contribution in [0.4, 0.5) is 0 Å². The molecule has 0 spiro atoms. The largest absolute Gasteiger partial charge is 0.503 e. The molecule has 3 heterocycles. The third-order valence-corrected chi connectivity index (χ3v) is 4.95. The van der Waals surface area contributed by atoms with Crippen molar-refractivity contribution in [2.75, 3.05) is 27.2 Å². The summed E-state index contributed by atoms with van der Waals surface area (Å²) in [6.45, 7) is 0.919. The van der Waals surface area contributed by atoms with E-state index in [9.17, 15) is 14.7 Å². The molecule has 1 aromatic carbocycles. The molecular formula is C22H21N3O4. The Labute approximate surface area is 167 Å². The third-order valence-electron chi connectivity index (χ3n) is 4.95. The van der Waals surface area contributed by atoms with Gasteiger partial charge in [0.25, 0.3) is 5.91 Å². The summed E-state index contributed by atoms with van der Waals surface area (Å²) in [5.74, 6) is -1.57. The van der Waals surface area contributed by atoms with Gasteiger partial charge < -0.3 is 19.3 Å². The van der Waals surface area contributed by atoms with Gasteiger partial charge in [-0.2, -0.15) is 0 Å². The molecule has 0 saturated carbocycles. The maximum Gasteiger partial charge on any atom is 0.290 e. The highest BCUT2D eigenvalue weighted by atomic mass is 16.3. The molecule has 0 saturated heterocycles. The molecule has 1 aliphatic rings. The summed E-state index contributed by atoms with van der Waals surface area (Å²) >= 11 is 0. The van der Waals surface area contributed by atoms with Crippen molar-refractivity contribution in [3.8, 4) is 0 Å². The van der Waals surface area contributed by atoms with E-state index in [2.05, 4.69) is 4.98 Å². The predicted molar refractivity (Wildman–Crippen MR) is 107 cm³/mol. The van der Waals surface area contributed by atoms with Gasteiger partial charge in [-0.1, -0.05) is 24.3 Å². The molecule has 0 unspecified atom stereocenters. The molecule has 7 nitrogen and oxygen atoms in total. The molecule has 148 valence electrons. The number of para-hydroxylation sites is 1. The maximum absolute atomic E-state index is 13.3. The molecule has 7 heteroatoms. The number of Topliss-reactive ketones (excluding diaryl/α,β-unsaturated/α-hetero) is 1. The van der Waals surface area contributed by atoms with Crippen LogP contribution < -0.4 is 0 Å². The first-order valence-electron chi connectivity index (χ1n) is 9.30. The number of amides is 1. The number of likely N-dealkylation sites (N-methyl/N-ethyl adjacent to an activating group) is 1. The first kappa shape index (κ1) is 18.9. The molecule has 1 N–H and O–H groups in total. The van der Waals surface area contributed by atoms with E-state index in [1.165, 1.54) is 4.90 Å². The average Bonchev–Trinajstić information content (AvgIpc) is 3.26. The van der Waals surface area contributed by atoms with Gasteiger partial charge in [-0.15, -0.1) is 0 Å². The van der Waals surface area contributed by atoms with E-state index < -0.39 is 23.5 Å². The second kappa shape index (κ2) is 7.52. The number of pyridine rings is 1. The van der Waals surface area contributed by atoms with Gasteiger partial charge in [-0.3, -0.25) is 14.6 Å². The number of nitrogens with zero attached hydrogens (tertiary/aromatic N) is 3. The highest BCUT2D eigenvalue weighted by molar-refractivity contribution is 6.15. The quantitative estimate of drug-likeness (QED) is 0.650. The van der Waals surface area contributed by atoms with Crippen LogP contribution in [-0.2, 0) is 4.79 Å². The fourth-order valence-corrected chi connectivity index (χ4v) is 3.50. The van der Waals surface area contributed by atoms with Crippen LogP contribution in [0.1, 0.15) is 22.3 Å². The fourth-order valence-electron chi connectivity index (χ4n) is 3.50. The zero-order valence-electron chi connectivity index (χ0n) is 16.2. The number of furan rings is 1. The van der Waals surface area contributed by atoms with E-state index in [0.717, 1.165) is 5.39 Å². The SMILES string of the molecule is CN(C)CCN1C(=O)C(O)=C(C(=O)c2cc3ccccc3o2)[C@@H]1c1ccccn1. The lowest BCUT2D eigenvalue weighted by molar-refractivity contribution is -0.129. The zero-order valence-corrected chi connectivity index (χ0v) is 16.2. The molecule has 2 aromatic heterocycles. The van der Waals surface area contributed by atoms with Gasteiger partial charge in [0.1, 0.15) is 11.6 Å². The van der Waals surface area contributed by atoms with Crippen LogP contribution in [0.3, 0.4) is 0 Å². The Kier molecular flexibility index (Phi) is 4.90. The normalized spacial score (nSPS) is 17.0. The highest BCUT2D eigenvalue weighted by Gasteiger charge is 2.45. The molecule has 0 fully saturated rings. The maximum atomic E-state index is 13.3. The second-order valence-corrected chi connectivity index (χ2v) is 7.20. The number of aliphatic hydroxyl groups is 1. The smallest absolute Gasteiger partial charge is 0.290 e. The highest BCUT2D eigenvalue weighted by Crippen LogP contribution is 2.38. The number of hydrogen-bond acceptors (Lipinski definition) is 6. The van der Waals surface area contributed by atoms with Crippen LogP contribution in [0, 0.1) is 0 Å². The lowest BCUT2D eigenvalue weighted by Gasteiger charge is -2.27. The Balaban J connectivity index is 1.78. The van der Waals surface area contributed by atoms with Crippen LogP contribution in [-0.4, -0.2) is 58.8 Å². The molecule has 1 aliphatic heterocycles. The van der Waals surface area contributed by atoms with Crippen LogP contribution in [0.25, 0.3) is 11.0 Å². The van der Waals surface area contributed by atoms with Gasteiger partial charge in [0.2, 0.25) is 5.78 Å². The topological polar surface area (TPSA) is 86.9 Å². The standard InChI is InChI=1S/C22H21N3O4/c1-24(2)11-12-25-19(15-8-5-6-10-23-15)18(21(27)22(25)28)20(26)17-13-14-7-3-4-9-16(14)29-17/h3-10,13,19,27H,11-12H2,1-2H3/t19-/m0/s1. The Morgan fingerprint density at radius 2 is 1.97 bits per heavy atom. The van der Waals surface area contributed by atoms with Crippen LogP contribution in [0.2, 0.25) is 0 Å². The lowest BCUT2D eigenvalue weighted by atomic mass is 9.98. The van der Waals surface area contributed by atoms with E-state index in [1.807, 2.05) is 37.2 Å². The van der Waals surface area contributed by atoms with Crippen molar-refractivity contribution < 1.29 is 19.1 Å². The van der Waals surface area contributed by atoms with Crippen LogP contribution in [0.5, 0.6) is 0 Å². The first-order valence-corrected chi connectivity index (χ1v) is 9.30. The van der Waals surface area contributed by atoms with E-state index in [-0.39, 0.29) is 11.3 Å². The van der Waals surface area contributed by atoms with Gasteiger partial charge in [-0.05, 0) is 38.4 Å². The Hall–Kier alpha value is -3.45. The minimum Gasteiger partial charge on any atom is -0.503 e. The Bertz CT molecular complexity index is 1070. The third kappa shape index (κ3) is 3.40.